The fraction of sp³-hybridized carbons (Fsp3) is 0.429. The van der Waals surface area contributed by atoms with Gasteiger partial charge >= 0.3 is 0 Å². The molecule has 2 atom stereocenters. The first-order valence-electron chi connectivity index (χ1n) is 13.5. The van der Waals surface area contributed by atoms with Crippen LogP contribution in [0.3, 0.4) is 0 Å². The number of piperidine rings is 1. The Balaban J connectivity index is 1.30. The summed E-state index contributed by atoms with van der Waals surface area (Å²) in [6.07, 6.45) is 5.37. The SMILES string of the molecule is CC(C)(C)[S+]([O-])N[C@@H]1c2ccc(F)cc2CC12CCN(c1nc3cnn(-c4ccnc(N)c4Cl)c3nc1CO)CC2. The first-order chi connectivity index (χ1) is 19.5. The van der Waals surface area contributed by atoms with E-state index < -0.39 is 16.1 Å². The summed E-state index contributed by atoms with van der Waals surface area (Å²) >= 11 is 5.09. The largest absolute Gasteiger partial charge is 0.598 e. The lowest BCUT2D eigenvalue weighted by Gasteiger charge is -2.44. The van der Waals surface area contributed by atoms with Crippen LogP contribution in [0.4, 0.5) is 16.0 Å². The second kappa shape index (κ2) is 10.4. The monoisotopic (exact) mass is 598 g/mol. The first kappa shape index (κ1) is 28.1. The zero-order chi connectivity index (χ0) is 29.1. The molecular weight excluding hydrogens is 567 g/mol. The Bertz CT molecular complexity index is 1620. The number of benzene rings is 1. The van der Waals surface area contributed by atoms with E-state index in [1.165, 1.54) is 16.9 Å². The third-order valence-electron chi connectivity index (χ3n) is 8.14. The molecule has 1 aliphatic heterocycles. The van der Waals surface area contributed by atoms with Crippen molar-refractivity contribution in [2.45, 2.75) is 57.4 Å². The van der Waals surface area contributed by atoms with Gasteiger partial charge in [0, 0.05) is 36.1 Å². The lowest BCUT2D eigenvalue weighted by atomic mass is 9.73. The Kier molecular flexibility index (Phi) is 7.10. The van der Waals surface area contributed by atoms with E-state index >= 15 is 0 Å². The molecule has 0 saturated carbocycles. The maximum Gasteiger partial charge on any atom is 0.182 e. The van der Waals surface area contributed by atoms with Crippen LogP contribution in [0.5, 0.6) is 0 Å². The zero-order valence-corrected chi connectivity index (χ0v) is 24.6. The van der Waals surface area contributed by atoms with Crippen molar-refractivity contribution in [1.82, 2.24) is 29.5 Å². The van der Waals surface area contributed by atoms with Gasteiger partial charge < -0.3 is 20.3 Å². The van der Waals surface area contributed by atoms with Crippen LogP contribution in [-0.4, -0.2) is 52.2 Å². The predicted molar refractivity (Wildman–Crippen MR) is 158 cm³/mol. The highest BCUT2D eigenvalue weighted by atomic mass is 35.5. The van der Waals surface area contributed by atoms with Crippen LogP contribution >= 0.6 is 11.6 Å². The van der Waals surface area contributed by atoms with Crippen molar-refractivity contribution in [3.05, 3.63) is 64.3 Å². The summed E-state index contributed by atoms with van der Waals surface area (Å²) in [4.78, 5) is 15.7. The molecule has 0 radical (unpaired) electrons. The van der Waals surface area contributed by atoms with Gasteiger partial charge in [-0.05, 0) is 69.4 Å². The molecule has 1 unspecified atom stereocenters. The number of nitrogens with one attached hydrogen (secondary N) is 1. The standard InChI is InChI=1S/C28H32ClFN8O2S/c1-27(2,3)41(40)36-23-18-5-4-17(30)12-16(18)13-28(23)7-10-37(11-8-28)25-20(15-39)35-26-19(34-25)14-33-38(26)21-6-9-32-24(31)22(21)29/h4-6,9,12,14,23,36,39H,7-8,10-11,13,15H2,1-3H3,(H2,31,32)/t23-,41?/m1/s1. The number of aliphatic hydroxyl groups excluding tert-OH is 1. The van der Waals surface area contributed by atoms with E-state index in [0.29, 0.717) is 47.9 Å². The predicted octanol–water partition coefficient (Wildman–Crippen LogP) is 4.01. The van der Waals surface area contributed by atoms with Gasteiger partial charge in [0.05, 0.1) is 24.5 Å². The fourth-order valence-corrected chi connectivity index (χ4v) is 7.08. The van der Waals surface area contributed by atoms with Crippen LogP contribution in [0.25, 0.3) is 16.9 Å². The highest BCUT2D eigenvalue weighted by Crippen LogP contribution is 2.53. The molecule has 1 saturated heterocycles. The molecule has 216 valence electrons. The zero-order valence-electron chi connectivity index (χ0n) is 23.1. The molecule has 4 N–H and O–H groups in total. The maximum absolute atomic E-state index is 14.2. The van der Waals surface area contributed by atoms with Crippen molar-refractivity contribution < 1.29 is 14.0 Å². The molecule has 1 fully saturated rings. The van der Waals surface area contributed by atoms with Gasteiger partial charge in [-0.15, -0.1) is 4.72 Å². The van der Waals surface area contributed by atoms with Gasteiger partial charge in [-0.2, -0.15) is 5.10 Å². The molecule has 0 bridgehead atoms. The summed E-state index contributed by atoms with van der Waals surface area (Å²) < 4.78 is 31.9. The molecule has 3 aromatic heterocycles. The molecule has 1 aliphatic carbocycles. The Labute approximate surface area is 245 Å². The van der Waals surface area contributed by atoms with Crippen LogP contribution in [0, 0.1) is 11.2 Å². The third-order valence-corrected chi connectivity index (χ3v) is 10.1. The summed E-state index contributed by atoms with van der Waals surface area (Å²) in [5.41, 5.74) is 9.56. The summed E-state index contributed by atoms with van der Waals surface area (Å²) in [7, 11) is 0. The van der Waals surface area contributed by atoms with E-state index in [-0.39, 0.29) is 34.7 Å². The number of nitrogens with two attached hydrogens (primary N) is 1. The molecule has 2 aliphatic rings. The number of anilines is 2. The number of pyridine rings is 1. The van der Waals surface area contributed by atoms with E-state index in [2.05, 4.69) is 19.7 Å². The number of rotatable bonds is 5. The summed E-state index contributed by atoms with van der Waals surface area (Å²) in [5.74, 6) is 0.512. The van der Waals surface area contributed by atoms with Gasteiger partial charge in [-0.3, -0.25) is 0 Å². The van der Waals surface area contributed by atoms with Crippen LogP contribution in [0.1, 0.15) is 56.5 Å². The summed E-state index contributed by atoms with van der Waals surface area (Å²) in [6, 6.07) is 6.43. The first-order valence-corrected chi connectivity index (χ1v) is 15.0. The van der Waals surface area contributed by atoms with Gasteiger partial charge in [0.25, 0.3) is 0 Å². The van der Waals surface area contributed by atoms with E-state index in [0.717, 1.165) is 24.0 Å². The van der Waals surface area contributed by atoms with Crippen molar-refractivity contribution in [1.29, 1.82) is 0 Å². The lowest BCUT2D eigenvalue weighted by Crippen LogP contribution is -2.50. The minimum atomic E-state index is -1.29. The van der Waals surface area contributed by atoms with Crippen molar-refractivity contribution in [2.75, 3.05) is 23.7 Å². The lowest BCUT2D eigenvalue weighted by molar-refractivity contribution is 0.175. The van der Waals surface area contributed by atoms with E-state index in [4.69, 9.17) is 27.3 Å². The Hall–Kier alpha value is -3.03. The number of aliphatic hydroxyl groups is 1. The van der Waals surface area contributed by atoms with E-state index in [9.17, 15) is 14.0 Å². The van der Waals surface area contributed by atoms with Crippen LogP contribution < -0.4 is 15.4 Å². The number of nitrogens with zero attached hydrogens (tertiary/aromatic N) is 6. The molecule has 4 heterocycles. The van der Waals surface area contributed by atoms with Crippen molar-refractivity contribution in [3.8, 4) is 5.69 Å². The molecule has 0 amide bonds. The molecule has 10 nitrogen and oxygen atoms in total. The smallest absolute Gasteiger partial charge is 0.182 e. The maximum atomic E-state index is 14.2. The topological polar surface area (TPSA) is 141 Å². The summed E-state index contributed by atoms with van der Waals surface area (Å²) in [5, 5.41) is 15.0. The van der Waals surface area contributed by atoms with Crippen molar-refractivity contribution in [3.63, 3.8) is 0 Å². The van der Waals surface area contributed by atoms with E-state index in [1.54, 1.807) is 18.3 Å². The average molecular weight is 599 g/mol. The number of halogens is 2. The van der Waals surface area contributed by atoms with Gasteiger partial charge in [-0.1, -0.05) is 17.7 Å². The molecular formula is C28H32ClFN8O2S. The quantitative estimate of drug-likeness (QED) is 0.290. The third kappa shape index (κ3) is 4.91. The number of fused-ring (bicyclic) bond motifs is 2. The summed E-state index contributed by atoms with van der Waals surface area (Å²) in [6.45, 7) is 6.80. The molecule has 6 rings (SSSR count). The minimum absolute atomic E-state index is 0.165. The minimum Gasteiger partial charge on any atom is -0.598 e. The van der Waals surface area contributed by atoms with Crippen molar-refractivity contribution in [2.24, 2.45) is 5.41 Å². The Morgan fingerprint density at radius 3 is 2.71 bits per heavy atom. The van der Waals surface area contributed by atoms with Crippen LogP contribution in [0.15, 0.2) is 36.7 Å². The molecule has 1 spiro atoms. The van der Waals surface area contributed by atoms with Gasteiger partial charge in [0.15, 0.2) is 11.5 Å². The number of nitrogen functional groups attached to an aromatic ring is 1. The highest BCUT2D eigenvalue weighted by molar-refractivity contribution is 7.90. The second-order valence-corrected chi connectivity index (χ2v) is 14.1. The Morgan fingerprint density at radius 1 is 1.24 bits per heavy atom. The Morgan fingerprint density at radius 2 is 2.00 bits per heavy atom. The van der Waals surface area contributed by atoms with Gasteiger partial charge in [-0.25, -0.2) is 24.0 Å². The van der Waals surface area contributed by atoms with Crippen molar-refractivity contribution >= 4 is 45.8 Å². The average Bonchev–Trinajstić information content (AvgIpc) is 3.47. The number of hydrogen-bond donors (Lipinski definition) is 3. The molecule has 41 heavy (non-hydrogen) atoms. The molecule has 13 heteroatoms. The highest BCUT2D eigenvalue weighted by Gasteiger charge is 2.50. The van der Waals surface area contributed by atoms with Gasteiger partial charge in [0.2, 0.25) is 0 Å². The normalized spacial score (nSPS) is 19.2. The van der Waals surface area contributed by atoms with Crippen LogP contribution in [-0.2, 0) is 24.4 Å². The molecule has 4 aromatic rings. The molecule has 1 aromatic carbocycles. The van der Waals surface area contributed by atoms with Crippen LogP contribution in [0.2, 0.25) is 5.02 Å². The number of hydrogen-bond acceptors (Lipinski definition) is 9. The number of aromatic nitrogens is 5. The van der Waals surface area contributed by atoms with E-state index in [1.807, 2.05) is 26.8 Å². The second-order valence-electron chi connectivity index (χ2n) is 11.7. The van der Waals surface area contributed by atoms with Gasteiger partial charge in [0.1, 0.15) is 32.6 Å². The fourth-order valence-electron chi connectivity index (χ4n) is 5.94.